The number of carbonyl (C=O) groups excluding carboxylic acids is 1. The number of nitrogens with one attached hydrogen (secondary N) is 1. The number of rotatable bonds is 5. The van der Waals surface area contributed by atoms with Crippen molar-refractivity contribution >= 4 is 50.8 Å². The van der Waals surface area contributed by atoms with Gasteiger partial charge in [-0.2, -0.15) is 0 Å². The molecule has 0 bridgehead atoms. The highest BCUT2D eigenvalue weighted by molar-refractivity contribution is 7.20. The molecule has 212 valence electrons. The van der Waals surface area contributed by atoms with E-state index in [0.717, 1.165) is 9.58 Å². The number of fused-ring (bicyclic) bond motifs is 1. The van der Waals surface area contributed by atoms with Gasteiger partial charge in [0.1, 0.15) is 30.1 Å². The number of benzene rings is 2. The maximum absolute atomic E-state index is 13.4. The normalized spacial score (nSPS) is 16.8. The van der Waals surface area contributed by atoms with E-state index in [4.69, 9.17) is 21.1 Å². The maximum atomic E-state index is 13.4. The van der Waals surface area contributed by atoms with Crippen molar-refractivity contribution < 1.29 is 23.8 Å². The van der Waals surface area contributed by atoms with E-state index in [9.17, 15) is 14.3 Å². The molecule has 2 aromatic carbocycles. The van der Waals surface area contributed by atoms with Crippen LogP contribution in [0, 0.1) is 17.7 Å². The van der Waals surface area contributed by atoms with E-state index in [1.165, 1.54) is 34.7 Å². The first-order valence-electron chi connectivity index (χ1n) is 12.9. The van der Waals surface area contributed by atoms with Crippen LogP contribution in [0.1, 0.15) is 37.6 Å². The Morgan fingerprint density at radius 1 is 1.24 bits per heavy atom. The number of nitrogens with zero attached hydrogens (tertiary/aromatic N) is 3. The Morgan fingerprint density at radius 3 is 2.83 bits per heavy atom. The summed E-state index contributed by atoms with van der Waals surface area (Å²) in [6.45, 7) is 5.76. The summed E-state index contributed by atoms with van der Waals surface area (Å²) in [7, 11) is 0. The summed E-state index contributed by atoms with van der Waals surface area (Å²) >= 11 is 7.87. The van der Waals surface area contributed by atoms with E-state index < -0.39 is 23.8 Å². The van der Waals surface area contributed by atoms with Crippen molar-refractivity contribution in [1.29, 1.82) is 0 Å². The lowest BCUT2D eigenvalue weighted by molar-refractivity contribution is 0.0239. The van der Waals surface area contributed by atoms with E-state index in [1.807, 2.05) is 12.1 Å². The SMILES string of the molecule is CC(C)(C)OC(=O)N1C[C@H](O)C[C@H]1C#Cc1cc2ncnc(Nc3ccc(OCc4cccc(F)c4)c(Cl)c3)c2s1. The number of anilines is 2. The molecule has 5 rings (SSSR count). The number of hydrogen-bond donors (Lipinski definition) is 2. The molecule has 0 saturated carbocycles. The van der Waals surface area contributed by atoms with Gasteiger partial charge in [0, 0.05) is 12.1 Å². The zero-order chi connectivity index (χ0) is 29.1. The van der Waals surface area contributed by atoms with E-state index in [1.54, 1.807) is 45.0 Å². The summed E-state index contributed by atoms with van der Waals surface area (Å²) in [5.41, 5.74) is 1.47. The van der Waals surface area contributed by atoms with E-state index in [0.29, 0.717) is 39.8 Å². The van der Waals surface area contributed by atoms with Crippen LogP contribution in [-0.2, 0) is 11.3 Å². The highest BCUT2D eigenvalue weighted by Crippen LogP contribution is 2.33. The third kappa shape index (κ3) is 7.24. The van der Waals surface area contributed by atoms with E-state index in [2.05, 4.69) is 27.1 Å². The number of hydrogen-bond acceptors (Lipinski definition) is 8. The first kappa shape index (κ1) is 28.6. The Morgan fingerprint density at radius 2 is 2.07 bits per heavy atom. The molecule has 1 amide bonds. The van der Waals surface area contributed by atoms with Gasteiger partial charge in [-0.1, -0.05) is 35.6 Å². The van der Waals surface area contributed by atoms with Crippen molar-refractivity contribution in [1.82, 2.24) is 14.9 Å². The van der Waals surface area contributed by atoms with Crippen molar-refractivity contribution in [3.63, 3.8) is 0 Å². The number of aliphatic hydroxyl groups excluding tert-OH is 1. The highest BCUT2D eigenvalue weighted by atomic mass is 35.5. The zero-order valence-electron chi connectivity index (χ0n) is 22.6. The first-order chi connectivity index (χ1) is 19.5. The summed E-state index contributed by atoms with van der Waals surface area (Å²) in [5.74, 6) is 6.99. The predicted molar refractivity (Wildman–Crippen MR) is 157 cm³/mol. The molecule has 4 aromatic rings. The molecule has 1 aliphatic heterocycles. The Kier molecular flexibility index (Phi) is 8.31. The number of halogens is 2. The van der Waals surface area contributed by atoms with Crippen molar-refractivity contribution in [3.05, 3.63) is 76.1 Å². The number of β-amino-alcohol motifs (C(OH)–C–C–N with tert-alkyl or cyclic N) is 1. The van der Waals surface area contributed by atoms with Gasteiger partial charge in [-0.15, -0.1) is 11.3 Å². The van der Waals surface area contributed by atoms with Gasteiger partial charge in [0.25, 0.3) is 0 Å². The monoisotopic (exact) mass is 594 g/mol. The molecule has 11 heteroatoms. The molecule has 3 heterocycles. The van der Waals surface area contributed by atoms with Crippen molar-refractivity contribution in [2.24, 2.45) is 0 Å². The Bertz CT molecular complexity index is 1640. The van der Waals surface area contributed by atoms with Crippen molar-refractivity contribution in [2.75, 3.05) is 11.9 Å². The Hall–Kier alpha value is -3.91. The molecular formula is C30H28ClFN4O4S. The molecule has 1 fully saturated rings. The molecule has 0 spiro atoms. The topological polar surface area (TPSA) is 96.8 Å². The van der Waals surface area contributed by atoms with Gasteiger partial charge >= 0.3 is 6.09 Å². The van der Waals surface area contributed by atoms with Crippen molar-refractivity contribution in [2.45, 2.75) is 51.5 Å². The second kappa shape index (κ2) is 11.9. The predicted octanol–water partition coefficient (Wildman–Crippen LogP) is 6.53. The second-order valence-corrected chi connectivity index (χ2v) is 12.0. The number of thiophene rings is 1. The van der Waals surface area contributed by atoms with Gasteiger partial charge in [-0.05, 0) is 62.7 Å². The number of carbonyl (C=O) groups is 1. The quantitative estimate of drug-likeness (QED) is 0.254. The standard InChI is InChI=1S/C30H28ClFN4O4S/c1-30(2,3)40-29(38)36-15-22(37)13-21(36)8-9-23-14-25-27(41-23)28(34-17-33-25)35-20-7-10-26(24(31)12-20)39-16-18-5-4-6-19(32)11-18/h4-7,10-12,14,17,21-22,37H,13,15-16H2,1-3H3,(H,33,34,35)/t21-,22-/m1/s1. The third-order valence-electron chi connectivity index (χ3n) is 6.06. The number of aliphatic hydroxyl groups is 1. The molecule has 2 N–H and O–H groups in total. The molecule has 0 radical (unpaired) electrons. The van der Waals surface area contributed by atoms with Gasteiger partial charge in [0.2, 0.25) is 0 Å². The summed E-state index contributed by atoms with van der Waals surface area (Å²) in [6.07, 6.45) is 0.665. The third-order valence-corrected chi connectivity index (χ3v) is 7.40. The van der Waals surface area contributed by atoms with Gasteiger partial charge in [0.15, 0.2) is 5.82 Å². The number of ether oxygens (including phenoxy) is 2. The molecule has 0 aliphatic carbocycles. The summed E-state index contributed by atoms with van der Waals surface area (Å²) < 4.78 is 25.5. The zero-order valence-corrected chi connectivity index (χ0v) is 24.2. The van der Waals surface area contributed by atoms with Crippen LogP contribution in [0.2, 0.25) is 5.02 Å². The minimum Gasteiger partial charge on any atom is -0.487 e. The average Bonchev–Trinajstić information content (AvgIpc) is 3.49. The number of aromatic nitrogens is 2. The van der Waals surface area contributed by atoms with Gasteiger partial charge in [-0.25, -0.2) is 19.2 Å². The number of amides is 1. The fourth-order valence-corrected chi connectivity index (χ4v) is 5.40. The molecule has 8 nitrogen and oxygen atoms in total. The second-order valence-electron chi connectivity index (χ2n) is 10.5. The Labute approximate surface area is 246 Å². The van der Waals surface area contributed by atoms with Crippen molar-refractivity contribution in [3.8, 4) is 17.6 Å². The lowest BCUT2D eigenvalue weighted by Gasteiger charge is -2.26. The maximum Gasteiger partial charge on any atom is 0.411 e. The summed E-state index contributed by atoms with van der Waals surface area (Å²) in [5, 5.41) is 13.8. The smallest absolute Gasteiger partial charge is 0.411 e. The van der Waals surface area contributed by atoms with Gasteiger partial charge in [0.05, 0.1) is 38.8 Å². The van der Waals surface area contributed by atoms with Crippen LogP contribution in [0.5, 0.6) is 5.75 Å². The number of likely N-dealkylation sites (tertiary alicyclic amines) is 1. The van der Waals surface area contributed by atoms with Gasteiger partial charge < -0.3 is 19.9 Å². The van der Waals surface area contributed by atoms with Crippen LogP contribution in [0.3, 0.4) is 0 Å². The molecule has 2 atom stereocenters. The van der Waals surface area contributed by atoms with Crippen LogP contribution in [-0.4, -0.2) is 50.4 Å². The molecule has 1 aliphatic rings. The average molecular weight is 595 g/mol. The van der Waals surface area contributed by atoms with Crippen LogP contribution < -0.4 is 10.1 Å². The first-order valence-corrected chi connectivity index (χ1v) is 14.1. The molecule has 1 saturated heterocycles. The largest absolute Gasteiger partial charge is 0.487 e. The fourth-order valence-electron chi connectivity index (χ4n) is 4.25. The van der Waals surface area contributed by atoms with Crippen LogP contribution in [0.25, 0.3) is 10.2 Å². The minimum atomic E-state index is -0.657. The molecular weight excluding hydrogens is 567 g/mol. The van der Waals surface area contributed by atoms with Crippen LogP contribution in [0.4, 0.5) is 20.7 Å². The van der Waals surface area contributed by atoms with Crippen LogP contribution in [0.15, 0.2) is 54.9 Å². The Balaban J connectivity index is 1.30. The van der Waals surface area contributed by atoms with Gasteiger partial charge in [-0.3, -0.25) is 4.90 Å². The summed E-state index contributed by atoms with van der Waals surface area (Å²) in [4.78, 5) is 23.6. The lowest BCUT2D eigenvalue weighted by atomic mass is 10.2. The minimum absolute atomic E-state index is 0.178. The molecule has 41 heavy (non-hydrogen) atoms. The summed E-state index contributed by atoms with van der Waals surface area (Å²) in [6, 6.07) is 12.9. The lowest BCUT2D eigenvalue weighted by Crippen LogP contribution is -2.39. The highest BCUT2D eigenvalue weighted by Gasteiger charge is 2.36. The molecule has 0 unspecified atom stereocenters. The fraction of sp³-hybridized carbons (Fsp3) is 0.300. The molecule has 2 aromatic heterocycles. The van der Waals surface area contributed by atoms with E-state index in [-0.39, 0.29) is 19.0 Å². The van der Waals surface area contributed by atoms with E-state index >= 15 is 0 Å². The van der Waals surface area contributed by atoms with Crippen LogP contribution >= 0.6 is 22.9 Å².